The molecule has 1 aliphatic heterocycles. The number of fused-ring (bicyclic) bond motifs is 3. The summed E-state index contributed by atoms with van der Waals surface area (Å²) in [6.07, 6.45) is 0. The lowest BCUT2D eigenvalue weighted by Gasteiger charge is -2.31. The minimum Gasteiger partial charge on any atom is -0.463 e. The van der Waals surface area contributed by atoms with Gasteiger partial charge in [-0.1, -0.05) is 54.6 Å². The molecule has 0 saturated heterocycles. The SMILES string of the molecule is CCOC(=O)C1=C(c2ccccc2)Nc2nc3ccccc3n2C1c1ccc(F)cc1. The number of anilines is 1. The molecule has 1 aromatic heterocycles. The minimum absolute atomic E-state index is 0.248. The normalized spacial score (nSPS) is 15.5. The van der Waals surface area contributed by atoms with E-state index < -0.39 is 12.0 Å². The third kappa shape index (κ3) is 3.26. The number of ether oxygens (including phenoxy) is 1. The van der Waals surface area contributed by atoms with Crippen molar-refractivity contribution in [3.8, 4) is 0 Å². The average Bonchev–Trinajstić information content (AvgIpc) is 3.17. The van der Waals surface area contributed by atoms with Crippen LogP contribution in [-0.2, 0) is 9.53 Å². The maximum absolute atomic E-state index is 13.7. The summed E-state index contributed by atoms with van der Waals surface area (Å²) in [4.78, 5) is 18.0. The average molecular weight is 413 g/mol. The van der Waals surface area contributed by atoms with Gasteiger partial charge in [0, 0.05) is 0 Å². The molecule has 31 heavy (non-hydrogen) atoms. The van der Waals surface area contributed by atoms with Crippen molar-refractivity contribution in [2.75, 3.05) is 11.9 Å². The highest BCUT2D eigenvalue weighted by Gasteiger charge is 2.36. The van der Waals surface area contributed by atoms with Crippen LogP contribution in [0.5, 0.6) is 0 Å². The van der Waals surface area contributed by atoms with Crippen molar-refractivity contribution in [3.63, 3.8) is 0 Å². The predicted octanol–water partition coefficient (Wildman–Crippen LogP) is 5.16. The highest BCUT2D eigenvalue weighted by atomic mass is 19.1. The summed E-state index contributed by atoms with van der Waals surface area (Å²) in [6.45, 7) is 2.03. The van der Waals surface area contributed by atoms with Crippen LogP contribution in [0.3, 0.4) is 0 Å². The van der Waals surface area contributed by atoms with Crippen LogP contribution in [0.2, 0.25) is 0 Å². The number of benzene rings is 3. The van der Waals surface area contributed by atoms with Crippen LogP contribution in [0.1, 0.15) is 24.1 Å². The standard InChI is InChI=1S/C25H20FN3O2/c1-2-31-24(30)21-22(16-8-4-3-5-9-16)28-25-27-19-10-6-7-11-20(19)29(25)23(21)17-12-14-18(26)15-13-17/h3-15,23H,2H2,1H3,(H,27,28). The Bertz CT molecular complexity index is 1290. The molecule has 0 amide bonds. The monoisotopic (exact) mass is 413 g/mol. The fourth-order valence-corrected chi connectivity index (χ4v) is 4.05. The first-order valence-corrected chi connectivity index (χ1v) is 10.1. The van der Waals surface area contributed by atoms with Crippen molar-refractivity contribution in [3.05, 3.63) is 101 Å². The summed E-state index contributed by atoms with van der Waals surface area (Å²) in [7, 11) is 0. The van der Waals surface area contributed by atoms with E-state index in [0.717, 1.165) is 22.2 Å². The summed E-state index contributed by atoms with van der Waals surface area (Å²) >= 11 is 0. The number of nitrogens with zero attached hydrogens (tertiary/aromatic N) is 2. The molecule has 2 heterocycles. The Kier molecular flexibility index (Phi) is 4.75. The van der Waals surface area contributed by atoms with Gasteiger partial charge >= 0.3 is 5.97 Å². The van der Waals surface area contributed by atoms with Gasteiger partial charge in [-0.2, -0.15) is 0 Å². The van der Waals surface area contributed by atoms with Gasteiger partial charge < -0.3 is 10.1 Å². The second-order valence-corrected chi connectivity index (χ2v) is 7.25. The fourth-order valence-electron chi connectivity index (χ4n) is 4.05. The third-order valence-electron chi connectivity index (χ3n) is 5.38. The Hall–Kier alpha value is -3.93. The zero-order chi connectivity index (χ0) is 21.4. The Morgan fingerprint density at radius 2 is 1.74 bits per heavy atom. The van der Waals surface area contributed by atoms with Crippen molar-refractivity contribution in [1.29, 1.82) is 0 Å². The van der Waals surface area contributed by atoms with Crippen LogP contribution in [-0.4, -0.2) is 22.1 Å². The lowest BCUT2D eigenvalue weighted by molar-refractivity contribution is -0.138. The third-order valence-corrected chi connectivity index (χ3v) is 5.38. The molecular weight excluding hydrogens is 393 g/mol. The number of nitrogens with one attached hydrogen (secondary N) is 1. The van der Waals surface area contributed by atoms with Crippen molar-refractivity contribution in [2.45, 2.75) is 13.0 Å². The minimum atomic E-state index is -0.529. The van der Waals surface area contributed by atoms with Gasteiger partial charge in [-0.25, -0.2) is 14.2 Å². The topological polar surface area (TPSA) is 56.1 Å². The first kappa shape index (κ1) is 19.1. The van der Waals surface area contributed by atoms with Crippen molar-refractivity contribution < 1.29 is 13.9 Å². The van der Waals surface area contributed by atoms with E-state index in [1.807, 2.05) is 59.2 Å². The maximum atomic E-state index is 13.7. The van der Waals surface area contributed by atoms with Gasteiger partial charge in [0.15, 0.2) is 0 Å². The van der Waals surface area contributed by atoms with Gasteiger partial charge in [0.1, 0.15) is 5.82 Å². The molecule has 1 unspecified atom stereocenters. The second kappa shape index (κ2) is 7.72. The number of carbonyl (C=O) groups excluding carboxylic acids is 1. The maximum Gasteiger partial charge on any atom is 0.338 e. The molecule has 5 rings (SSSR count). The number of hydrogen-bond donors (Lipinski definition) is 1. The molecule has 0 spiro atoms. The van der Waals surface area contributed by atoms with Gasteiger partial charge in [0.05, 0.1) is 35.0 Å². The fraction of sp³-hybridized carbons (Fsp3) is 0.120. The molecule has 5 nitrogen and oxygen atoms in total. The number of carbonyl (C=O) groups is 1. The van der Waals surface area contributed by atoms with E-state index in [-0.39, 0.29) is 12.4 Å². The molecule has 154 valence electrons. The highest BCUT2D eigenvalue weighted by molar-refractivity contribution is 6.03. The van der Waals surface area contributed by atoms with E-state index >= 15 is 0 Å². The van der Waals surface area contributed by atoms with Crippen molar-refractivity contribution in [1.82, 2.24) is 9.55 Å². The molecule has 0 radical (unpaired) electrons. The summed E-state index contributed by atoms with van der Waals surface area (Å²) in [6, 6.07) is 23.0. The van der Waals surface area contributed by atoms with Crippen LogP contribution in [0, 0.1) is 5.82 Å². The Morgan fingerprint density at radius 3 is 2.48 bits per heavy atom. The number of rotatable bonds is 4. The number of hydrogen-bond acceptors (Lipinski definition) is 4. The number of aromatic nitrogens is 2. The van der Waals surface area contributed by atoms with Crippen LogP contribution >= 0.6 is 0 Å². The van der Waals surface area contributed by atoms with Gasteiger partial charge in [0.2, 0.25) is 5.95 Å². The molecule has 6 heteroatoms. The summed E-state index contributed by atoms with van der Waals surface area (Å²) in [5.74, 6) is -0.146. The molecule has 1 N–H and O–H groups in total. The lowest BCUT2D eigenvalue weighted by atomic mass is 9.92. The zero-order valence-electron chi connectivity index (χ0n) is 16.9. The van der Waals surface area contributed by atoms with Crippen LogP contribution < -0.4 is 5.32 Å². The largest absolute Gasteiger partial charge is 0.463 e. The Morgan fingerprint density at radius 1 is 1.03 bits per heavy atom. The lowest BCUT2D eigenvalue weighted by Crippen LogP contribution is -2.29. The molecule has 0 saturated carbocycles. The first-order chi connectivity index (χ1) is 15.2. The highest BCUT2D eigenvalue weighted by Crippen LogP contribution is 2.42. The molecule has 1 aliphatic rings. The molecule has 0 aliphatic carbocycles. The number of esters is 1. The predicted molar refractivity (Wildman–Crippen MR) is 118 cm³/mol. The van der Waals surface area contributed by atoms with E-state index in [2.05, 4.69) is 5.32 Å². The van der Waals surface area contributed by atoms with E-state index in [4.69, 9.17) is 9.72 Å². The van der Waals surface area contributed by atoms with Gasteiger partial charge in [-0.15, -0.1) is 0 Å². The van der Waals surface area contributed by atoms with Gasteiger partial charge in [0.25, 0.3) is 0 Å². The Labute approximate surface area is 178 Å². The molecule has 0 bridgehead atoms. The molecule has 4 aromatic rings. The Balaban J connectivity index is 1.83. The van der Waals surface area contributed by atoms with Crippen LogP contribution in [0.4, 0.5) is 10.3 Å². The second-order valence-electron chi connectivity index (χ2n) is 7.25. The number of halogens is 1. The molecule has 0 fully saturated rings. The smallest absolute Gasteiger partial charge is 0.338 e. The summed E-state index contributed by atoms with van der Waals surface area (Å²) in [5.41, 5.74) is 4.37. The summed E-state index contributed by atoms with van der Waals surface area (Å²) in [5, 5.41) is 3.36. The zero-order valence-corrected chi connectivity index (χ0v) is 16.9. The molecular formula is C25H20FN3O2. The van der Waals surface area contributed by atoms with Gasteiger partial charge in [-0.05, 0) is 42.3 Å². The summed E-state index contributed by atoms with van der Waals surface area (Å²) < 4.78 is 21.2. The van der Waals surface area contributed by atoms with E-state index in [1.54, 1.807) is 19.1 Å². The number of imidazole rings is 1. The van der Waals surface area contributed by atoms with Crippen LogP contribution in [0.25, 0.3) is 16.7 Å². The molecule has 3 aromatic carbocycles. The van der Waals surface area contributed by atoms with E-state index in [0.29, 0.717) is 17.2 Å². The van der Waals surface area contributed by atoms with E-state index in [1.165, 1.54) is 12.1 Å². The molecule has 1 atom stereocenters. The van der Waals surface area contributed by atoms with Crippen molar-refractivity contribution in [2.24, 2.45) is 0 Å². The van der Waals surface area contributed by atoms with Crippen LogP contribution in [0.15, 0.2) is 84.4 Å². The number of para-hydroxylation sites is 2. The van der Waals surface area contributed by atoms with Gasteiger partial charge in [-0.3, -0.25) is 4.57 Å². The quantitative estimate of drug-likeness (QED) is 0.469. The van der Waals surface area contributed by atoms with Crippen molar-refractivity contribution >= 4 is 28.6 Å². The first-order valence-electron chi connectivity index (χ1n) is 10.1. The van der Waals surface area contributed by atoms with E-state index in [9.17, 15) is 9.18 Å².